The van der Waals surface area contributed by atoms with Gasteiger partial charge < -0.3 is 15.0 Å². The highest BCUT2D eigenvalue weighted by atomic mass is 16.5. The molecule has 1 aliphatic carbocycles. The van der Waals surface area contributed by atoms with Gasteiger partial charge in [0.2, 0.25) is 0 Å². The van der Waals surface area contributed by atoms with Crippen molar-refractivity contribution < 1.29 is 4.74 Å². The summed E-state index contributed by atoms with van der Waals surface area (Å²) in [6, 6.07) is 0. The second-order valence-corrected chi connectivity index (χ2v) is 7.22. The molecule has 188 valence electrons. The van der Waals surface area contributed by atoms with Crippen LogP contribution in [0.1, 0.15) is 88.4 Å². The number of allylic oxidation sites excluding steroid dienone is 5. The van der Waals surface area contributed by atoms with E-state index in [2.05, 4.69) is 72.4 Å². The molecule has 0 saturated carbocycles. The Balaban J connectivity index is 0. The summed E-state index contributed by atoms with van der Waals surface area (Å²) in [4.78, 5) is 13.0. The molecule has 0 aromatic carbocycles. The summed E-state index contributed by atoms with van der Waals surface area (Å²) in [6.07, 6.45) is 9.41. The van der Waals surface area contributed by atoms with Crippen LogP contribution in [-0.4, -0.2) is 26.6 Å². The number of aryl methyl sites for hydroxylation is 1. The maximum absolute atomic E-state index is 5.94. The first kappa shape index (κ1) is 32.5. The summed E-state index contributed by atoms with van der Waals surface area (Å²) in [5.41, 5.74) is 9.82. The number of aromatic nitrogens is 4. The molecule has 6 nitrogen and oxygen atoms in total. The molecular formula is C27H49N5O. The lowest BCUT2D eigenvalue weighted by Gasteiger charge is -2.10. The molecule has 0 radical (unpaired) electrons. The Morgan fingerprint density at radius 1 is 1.03 bits per heavy atom. The summed E-state index contributed by atoms with van der Waals surface area (Å²) < 4.78 is 7.49. The van der Waals surface area contributed by atoms with Gasteiger partial charge >= 0.3 is 0 Å². The fraction of sp³-hybridized carbons (Fsp3) is 0.593. The van der Waals surface area contributed by atoms with Crippen LogP contribution in [-0.2, 0) is 17.7 Å². The van der Waals surface area contributed by atoms with Crippen molar-refractivity contribution >= 4 is 17.0 Å². The van der Waals surface area contributed by atoms with Gasteiger partial charge in [0.25, 0.3) is 0 Å². The van der Waals surface area contributed by atoms with Gasteiger partial charge in [-0.2, -0.15) is 0 Å². The van der Waals surface area contributed by atoms with Gasteiger partial charge in [0, 0.05) is 13.0 Å². The molecule has 33 heavy (non-hydrogen) atoms. The Morgan fingerprint density at radius 3 is 2.12 bits per heavy atom. The van der Waals surface area contributed by atoms with E-state index >= 15 is 0 Å². The zero-order valence-corrected chi connectivity index (χ0v) is 23.3. The summed E-state index contributed by atoms with van der Waals surface area (Å²) in [5, 5.41) is 0. The first-order chi connectivity index (χ1) is 15.9. The van der Waals surface area contributed by atoms with Gasteiger partial charge in [-0.1, -0.05) is 74.0 Å². The number of ether oxygens (including phenoxy) is 1. The van der Waals surface area contributed by atoms with Crippen LogP contribution < -0.4 is 5.73 Å². The van der Waals surface area contributed by atoms with Crippen molar-refractivity contribution in [2.24, 2.45) is 5.92 Å². The van der Waals surface area contributed by atoms with Gasteiger partial charge in [-0.05, 0) is 43.9 Å². The van der Waals surface area contributed by atoms with Crippen LogP contribution in [0.15, 0.2) is 41.5 Å². The number of hydrogen-bond acceptors (Lipinski definition) is 5. The molecule has 2 aromatic rings. The van der Waals surface area contributed by atoms with Crippen LogP contribution in [0.5, 0.6) is 0 Å². The van der Waals surface area contributed by atoms with Crippen molar-refractivity contribution in [3.05, 3.63) is 47.3 Å². The number of fused-ring (bicyclic) bond motifs is 1. The van der Waals surface area contributed by atoms with E-state index in [0.29, 0.717) is 17.8 Å². The summed E-state index contributed by atoms with van der Waals surface area (Å²) in [6.45, 7) is 23.5. The zero-order valence-electron chi connectivity index (χ0n) is 23.3. The van der Waals surface area contributed by atoms with Crippen molar-refractivity contribution in [3.63, 3.8) is 0 Å². The van der Waals surface area contributed by atoms with E-state index < -0.39 is 0 Å². The van der Waals surface area contributed by atoms with Crippen molar-refractivity contribution in [1.29, 1.82) is 0 Å². The lowest BCUT2D eigenvalue weighted by atomic mass is 10.0. The SMILES string of the molecule is CC.CC.CC.CC(C)C.CCn1c(CC2=CC(OC)=CCC=C2C)nc2c(N)ncnc21. The lowest BCUT2D eigenvalue weighted by Crippen LogP contribution is -2.05. The van der Waals surface area contributed by atoms with Gasteiger partial charge in [0.1, 0.15) is 17.9 Å². The number of hydrogen-bond donors (Lipinski definition) is 1. The van der Waals surface area contributed by atoms with E-state index in [1.54, 1.807) is 7.11 Å². The molecule has 0 saturated heterocycles. The van der Waals surface area contributed by atoms with E-state index in [4.69, 9.17) is 10.5 Å². The highest BCUT2D eigenvalue weighted by Crippen LogP contribution is 2.25. The van der Waals surface area contributed by atoms with Gasteiger partial charge in [0.15, 0.2) is 17.0 Å². The van der Waals surface area contributed by atoms with Crippen LogP contribution in [0, 0.1) is 5.92 Å². The third-order valence-corrected chi connectivity index (χ3v) is 4.11. The predicted octanol–water partition coefficient (Wildman–Crippen LogP) is 7.52. The second-order valence-electron chi connectivity index (χ2n) is 7.22. The van der Waals surface area contributed by atoms with E-state index in [-0.39, 0.29) is 0 Å². The average Bonchev–Trinajstić information content (AvgIpc) is 3.09. The Kier molecular flexibility index (Phi) is 18.6. The largest absolute Gasteiger partial charge is 0.497 e. The number of rotatable bonds is 4. The molecule has 2 heterocycles. The maximum Gasteiger partial charge on any atom is 0.165 e. The molecule has 0 aliphatic heterocycles. The Hall–Kier alpha value is -2.63. The highest BCUT2D eigenvalue weighted by molar-refractivity contribution is 5.81. The van der Waals surface area contributed by atoms with Crippen LogP contribution in [0.2, 0.25) is 0 Å². The Labute approximate surface area is 203 Å². The lowest BCUT2D eigenvalue weighted by molar-refractivity contribution is 0.305. The van der Waals surface area contributed by atoms with Crippen LogP contribution in [0.4, 0.5) is 5.82 Å². The second kappa shape index (κ2) is 18.9. The van der Waals surface area contributed by atoms with Crippen molar-refractivity contribution in [1.82, 2.24) is 19.5 Å². The van der Waals surface area contributed by atoms with Crippen LogP contribution in [0.25, 0.3) is 11.2 Å². The molecule has 0 amide bonds. The normalized spacial score (nSPS) is 12.1. The van der Waals surface area contributed by atoms with Crippen LogP contribution in [0.3, 0.4) is 0 Å². The molecule has 0 atom stereocenters. The molecule has 2 aromatic heterocycles. The molecule has 2 N–H and O–H groups in total. The third-order valence-electron chi connectivity index (χ3n) is 4.11. The number of nitrogens with two attached hydrogens (primary N) is 1. The van der Waals surface area contributed by atoms with E-state index in [1.807, 2.05) is 41.5 Å². The Morgan fingerprint density at radius 2 is 1.61 bits per heavy atom. The minimum absolute atomic E-state index is 0.419. The minimum Gasteiger partial charge on any atom is -0.497 e. The Bertz CT molecular complexity index is 873. The number of imidazole rings is 1. The minimum atomic E-state index is 0.419. The number of nitrogens with zero attached hydrogens (tertiary/aromatic N) is 4. The third kappa shape index (κ3) is 10.7. The van der Waals surface area contributed by atoms with Gasteiger partial charge in [-0.15, -0.1) is 0 Å². The van der Waals surface area contributed by atoms with E-state index in [9.17, 15) is 0 Å². The molecule has 0 fully saturated rings. The smallest absolute Gasteiger partial charge is 0.165 e. The number of methoxy groups -OCH3 is 1. The van der Waals surface area contributed by atoms with Crippen molar-refractivity contribution in [3.8, 4) is 0 Å². The van der Waals surface area contributed by atoms with Crippen molar-refractivity contribution in [2.45, 2.75) is 95.5 Å². The van der Waals surface area contributed by atoms with Gasteiger partial charge in [-0.25, -0.2) is 15.0 Å². The monoisotopic (exact) mass is 459 g/mol. The first-order valence-electron chi connectivity index (χ1n) is 12.4. The fourth-order valence-electron chi connectivity index (χ4n) is 2.80. The summed E-state index contributed by atoms with van der Waals surface area (Å²) >= 11 is 0. The van der Waals surface area contributed by atoms with Gasteiger partial charge in [0.05, 0.1) is 7.11 Å². The average molecular weight is 460 g/mol. The topological polar surface area (TPSA) is 78.9 Å². The zero-order chi connectivity index (χ0) is 26.0. The van der Waals surface area contributed by atoms with Crippen LogP contribution >= 0.6 is 0 Å². The molecule has 0 spiro atoms. The highest BCUT2D eigenvalue weighted by Gasteiger charge is 2.16. The molecule has 1 aliphatic rings. The first-order valence-corrected chi connectivity index (χ1v) is 12.4. The number of nitrogen functional groups attached to an aromatic ring is 1. The molecular weight excluding hydrogens is 410 g/mol. The molecule has 0 unspecified atom stereocenters. The van der Waals surface area contributed by atoms with E-state index in [0.717, 1.165) is 36.1 Å². The van der Waals surface area contributed by atoms with E-state index in [1.165, 1.54) is 17.5 Å². The van der Waals surface area contributed by atoms with Gasteiger partial charge in [-0.3, -0.25) is 0 Å². The standard InChI is InChI=1S/C17H21N5O.C4H10.3C2H6/c1-4-22-14(21-15-16(18)19-10-20-17(15)22)9-12-8-13(23-3)7-5-6-11(12)2;1-4(2)3;3*1-2/h6-8,10H,4-5,9H2,1-3H3,(H2,18,19,20);4H,1-3H3;3*1-2H3. The summed E-state index contributed by atoms with van der Waals surface area (Å²) in [5.74, 6) is 3.07. The molecule has 3 rings (SSSR count). The maximum atomic E-state index is 5.94. The number of anilines is 1. The molecule has 6 heteroatoms. The predicted molar refractivity (Wildman–Crippen MR) is 145 cm³/mol. The summed E-state index contributed by atoms with van der Waals surface area (Å²) in [7, 11) is 1.69. The molecule has 0 bridgehead atoms. The van der Waals surface area contributed by atoms with Crippen molar-refractivity contribution in [2.75, 3.05) is 12.8 Å². The fourth-order valence-corrected chi connectivity index (χ4v) is 2.80. The quantitative estimate of drug-likeness (QED) is 0.511.